The monoisotopic (exact) mass is 195 g/mol. The lowest BCUT2D eigenvalue weighted by atomic mass is 10.5. The zero-order valence-electron chi connectivity index (χ0n) is 6.91. The highest BCUT2D eigenvalue weighted by molar-refractivity contribution is 7.91. The molecule has 0 spiro atoms. The van der Waals surface area contributed by atoms with Crippen molar-refractivity contribution in [3.63, 3.8) is 0 Å². The van der Waals surface area contributed by atoms with Crippen molar-refractivity contribution in [1.29, 1.82) is 0 Å². The number of carboxylic acid groups (broad SMARTS) is 1. The van der Waals surface area contributed by atoms with Crippen molar-refractivity contribution in [2.45, 2.75) is 13.3 Å². The molecule has 0 unspecified atom stereocenters. The molecular formula is C6H13NO4S. The van der Waals surface area contributed by atoms with Crippen LogP contribution in [0.5, 0.6) is 0 Å². The Morgan fingerprint density at radius 1 is 1.50 bits per heavy atom. The molecule has 1 amide bonds. The number of hydrogen-bond acceptors (Lipinski definition) is 3. The number of rotatable bonds is 5. The molecule has 5 nitrogen and oxygen atoms in total. The van der Waals surface area contributed by atoms with E-state index in [-0.39, 0.29) is 18.1 Å². The van der Waals surface area contributed by atoms with Gasteiger partial charge in [0.1, 0.15) is 9.84 Å². The van der Waals surface area contributed by atoms with E-state index in [0.29, 0.717) is 6.42 Å². The summed E-state index contributed by atoms with van der Waals surface area (Å²) in [5.74, 6) is 0.157. The molecule has 0 fully saturated rings. The summed E-state index contributed by atoms with van der Waals surface area (Å²) >= 11 is 0. The van der Waals surface area contributed by atoms with Gasteiger partial charge in [0, 0.05) is 12.3 Å². The average molecular weight is 195 g/mol. The van der Waals surface area contributed by atoms with Gasteiger partial charge >= 0.3 is 6.09 Å². The van der Waals surface area contributed by atoms with Gasteiger partial charge in [-0.3, -0.25) is 0 Å². The van der Waals surface area contributed by atoms with Crippen LogP contribution in [0.3, 0.4) is 0 Å². The van der Waals surface area contributed by atoms with Crippen LogP contribution in [0.4, 0.5) is 4.79 Å². The first-order chi connectivity index (χ1) is 5.48. The van der Waals surface area contributed by atoms with Crippen molar-refractivity contribution >= 4 is 15.9 Å². The van der Waals surface area contributed by atoms with Gasteiger partial charge in [-0.05, 0) is 6.42 Å². The van der Waals surface area contributed by atoms with Crippen LogP contribution >= 0.6 is 0 Å². The summed E-state index contributed by atoms with van der Waals surface area (Å²) in [5, 5.41) is 10.2. The number of hydrogen-bond donors (Lipinski definition) is 2. The lowest BCUT2D eigenvalue weighted by Crippen LogP contribution is -2.24. The standard InChI is InChI=1S/C6H13NO4S/c1-2-12(10,11)5-3-4-7-6(8)9/h7H,2-5H2,1H3,(H,8,9). The Morgan fingerprint density at radius 2 is 2.08 bits per heavy atom. The zero-order chi connectivity index (χ0) is 9.61. The first-order valence-electron chi connectivity index (χ1n) is 3.65. The maximum absolute atomic E-state index is 10.9. The topological polar surface area (TPSA) is 83.5 Å². The number of carbonyl (C=O) groups is 1. The summed E-state index contributed by atoms with van der Waals surface area (Å²) in [6, 6.07) is 0. The molecule has 0 aromatic carbocycles. The maximum atomic E-state index is 10.9. The lowest BCUT2D eigenvalue weighted by Gasteiger charge is -2.00. The molecule has 2 N–H and O–H groups in total. The number of amides is 1. The number of sulfone groups is 1. The molecule has 0 bridgehead atoms. The van der Waals surface area contributed by atoms with Crippen molar-refractivity contribution in [1.82, 2.24) is 5.32 Å². The van der Waals surface area contributed by atoms with Gasteiger partial charge in [-0.15, -0.1) is 0 Å². The summed E-state index contributed by atoms with van der Waals surface area (Å²) in [5.41, 5.74) is 0. The van der Waals surface area contributed by atoms with E-state index in [4.69, 9.17) is 5.11 Å². The first kappa shape index (κ1) is 11.2. The molecule has 0 heterocycles. The van der Waals surface area contributed by atoms with Crippen LogP contribution in [-0.4, -0.2) is 37.7 Å². The molecule has 0 aliphatic carbocycles. The summed E-state index contributed by atoms with van der Waals surface area (Å²) in [4.78, 5) is 9.93. The van der Waals surface area contributed by atoms with E-state index in [1.54, 1.807) is 6.92 Å². The summed E-state index contributed by atoms with van der Waals surface area (Å²) in [7, 11) is -2.95. The summed E-state index contributed by atoms with van der Waals surface area (Å²) in [6.45, 7) is 1.76. The van der Waals surface area contributed by atoms with Gasteiger partial charge in [-0.2, -0.15) is 0 Å². The Bertz CT molecular complexity index is 234. The third-order valence-corrected chi connectivity index (χ3v) is 3.14. The second-order valence-corrected chi connectivity index (χ2v) is 4.79. The van der Waals surface area contributed by atoms with Crippen molar-refractivity contribution in [2.24, 2.45) is 0 Å². The molecule has 12 heavy (non-hydrogen) atoms. The highest BCUT2D eigenvalue weighted by Crippen LogP contribution is 1.91. The minimum atomic E-state index is -2.95. The van der Waals surface area contributed by atoms with Gasteiger partial charge in [-0.25, -0.2) is 13.2 Å². The first-order valence-corrected chi connectivity index (χ1v) is 5.47. The van der Waals surface area contributed by atoms with Crippen molar-refractivity contribution in [3.8, 4) is 0 Å². The van der Waals surface area contributed by atoms with E-state index >= 15 is 0 Å². The van der Waals surface area contributed by atoms with Crippen LogP contribution < -0.4 is 5.32 Å². The van der Waals surface area contributed by atoms with Crippen molar-refractivity contribution in [3.05, 3.63) is 0 Å². The van der Waals surface area contributed by atoms with E-state index in [1.165, 1.54) is 0 Å². The maximum Gasteiger partial charge on any atom is 0.404 e. The van der Waals surface area contributed by atoms with E-state index in [0.717, 1.165) is 0 Å². The van der Waals surface area contributed by atoms with Gasteiger partial charge in [0.05, 0.1) is 5.75 Å². The minimum absolute atomic E-state index is 0.0454. The molecule has 0 saturated carbocycles. The fourth-order valence-electron chi connectivity index (χ4n) is 0.632. The van der Waals surface area contributed by atoms with Gasteiger partial charge in [0.15, 0.2) is 0 Å². The molecule has 0 aliphatic heterocycles. The Labute approximate surface area is 71.7 Å². The van der Waals surface area contributed by atoms with Crippen LogP contribution in [0.15, 0.2) is 0 Å². The quantitative estimate of drug-likeness (QED) is 0.608. The highest BCUT2D eigenvalue weighted by Gasteiger charge is 2.06. The fraction of sp³-hybridized carbons (Fsp3) is 0.833. The van der Waals surface area contributed by atoms with E-state index in [9.17, 15) is 13.2 Å². The predicted molar refractivity (Wildman–Crippen MR) is 45.0 cm³/mol. The van der Waals surface area contributed by atoms with Crippen LogP contribution in [0.25, 0.3) is 0 Å². The molecule has 72 valence electrons. The molecule has 0 atom stereocenters. The third kappa shape index (κ3) is 5.96. The van der Waals surface area contributed by atoms with E-state index in [2.05, 4.69) is 5.32 Å². The summed E-state index contributed by atoms with van der Waals surface area (Å²) in [6.07, 6.45) is -0.786. The predicted octanol–water partition coefficient (Wildman–Crippen LogP) is 0.0788. The second-order valence-electron chi connectivity index (χ2n) is 2.32. The molecule has 0 aromatic heterocycles. The molecule has 0 rings (SSSR count). The van der Waals surface area contributed by atoms with Gasteiger partial charge in [0.2, 0.25) is 0 Å². The van der Waals surface area contributed by atoms with Gasteiger partial charge in [-0.1, -0.05) is 6.92 Å². The molecule has 6 heteroatoms. The van der Waals surface area contributed by atoms with Crippen LogP contribution in [-0.2, 0) is 9.84 Å². The minimum Gasteiger partial charge on any atom is -0.465 e. The summed E-state index contributed by atoms with van der Waals surface area (Å²) < 4.78 is 21.7. The van der Waals surface area contributed by atoms with E-state index < -0.39 is 15.9 Å². The number of nitrogens with one attached hydrogen (secondary N) is 1. The normalized spacial score (nSPS) is 11.1. The molecular weight excluding hydrogens is 182 g/mol. The largest absolute Gasteiger partial charge is 0.465 e. The van der Waals surface area contributed by atoms with Gasteiger partial charge < -0.3 is 10.4 Å². The smallest absolute Gasteiger partial charge is 0.404 e. The van der Waals surface area contributed by atoms with Crippen LogP contribution in [0, 0.1) is 0 Å². The van der Waals surface area contributed by atoms with Crippen molar-refractivity contribution < 1.29 is 18.3 Å². The van der Waals surface area contributed by atoms with Gasteiger partial charge in [0.25, 0.3) is 0 Å². The SMILES string of the molecule is CCS(=O)(=O)CCCNC(=O)O. The molecule has 0 radical (unpaired) electrons. The second kappa shape index (κ2) is 4.97. The Balaban J connectivity index is 3.51. The van der Waals surface area contributed by atoms with Crippen LogP contribution in [0.2, 0.25) is 0 Å². The molecule has 0 aliphatic rings. The molecule has 0 aromatic rings. The zero-order valence-corrected chi connectivity index (χ0v) is 7.73. The Kier molecular flexibility index (Phi) is 4.65. The third-order valence-electron chi connectivity index (χ3n) is 1.35. The molecule has 0 saturated heterocycles. The lowest BCUT2D eigenvalue weighted by molar-refractivity contribution is 0.194. The average Bonchev–Trinajstić information content (AvgIpc) is 1.98. The highest BCUT2D eigenvalue weighted by atomic mass is 32.2. The van der Waals surface area contributed by atoms with Crippen molar-refractivity contribution in [2.75, 3.05) is 18.1 Å². The fourth-order valence-corrected chi connectivity index (χ4v) is 1.50. The Morgan fingerprint density at radius 3 is 2.50 bits per heavy atom. The van der Waals surface area contributed by atoms with E-state index in [1.807, 2.05) is 0 Å². The van der Waals surface area contributed by atoms with Crippen LogP contribution in [0.1, 0.15) is 13.3 Å². The Hall–Kier alpha value is -0.780.